The molecule has 0 radical (unpaired) electrons. The lowest BCUT2D eigenvalue weighted by molar-refractivity contribution is -0.384. The van der Waals surface area contributed by atoms with E-state index in [-0.39, 0.29) is 41.6 Å². The van der Waals surface area contributed by atoms with Crippen LogP contribution < -0.4 is 5.32 Å². The van der Waals surface area contributed by atoms with Crippen molar-refractivity contribution in [3.05, 3.63) is 62.2 Å². The highest BCUT2D eigenvalue weighted by atomic mass is 31.2. The van der Waals surface area contributed by atoms with Crippen LogP contribution in [0, 0.1) is 15.5 Å². The van der Waals surface area contributed by atoms with Crippen molar-refractivity contribution in [3.63, 3.8) is 0 Å². The minimum absolute atomic E-state index is 0.0471. The predicted octanol–water partition coefficient (Wildman–Crippen LogP) is 4.51. The van der Waals surface area contributed by atoms with Crippen LogP contribution in [0.3, 0.4) is 0 Å². The van der Waals surface area contributed by atoms with Gasteiger partial charge in [-0.3, -0.25) is 19.5 Å². The first-order valence-corrected chi connectivity index (χ1v) is 12.6. The number of benzene rings is 1. The molecule has 1 fully saturated rings. The molecule has 2 aliphatic heterocycles. The van der Waals surface area contributed by atoms with Gasteiger partial charge in [0, 0.05) is 35.4 Å². The van der Waals surface area contributed by atoms with E-state index in [0.717, 1.165) is 0 Å². The lowest BCUT2D eigenvalue weighted by Crippen LogP contribution is -2.34. The van der Waals surface area contributed by atoms with Crippen molar-refractivity contribution in [2.45, 2.75) is 47.0 Å². The highest BCUT2D eigenvalue weighted by Gasteiger charge is 2.48. The average molecular weight is 508 g/mol. The van der Waals surface area contributed by atoms with E-state index in [1.165, 1.54) is 18.2 Å². The molecule has 1 aromatic carbocycles. The Morgan fingerprint density at radius 3 is 2.46 bits per heavy atom. The number of nitrogens with zero attached hydrogens (tertiary/aromatic N) is 1. The summed E-state index contributed by atoms with van der Waals surface area (Å²) < 4.78 is 35.6. The van der Waals surface area contributed by atoms with Crippen molar-refractivity contribution in [3.8, 4) is 0 Å². The Kier molecular flexibility index (Phi) is 7.83. The van der Waals surface area contributed by atoms with Crippen molar-refractivity contribution < 1.29 is 37.6 Å². The first-order valence-electron chi connectivity index (χ1n) is 11.0. The van der Waals surface area contributed by atoms with E-state index in [9.17, 15) is 24.3 Å². The molecular weight excluding hydrogens is 479 g/mol. The summed E-state index contributed by atoms with van der Waals surface area (Å²) >= 11 is 0. The summed E-state index contributed by atoms with van der Waals surface area (Å²) in [5, 5.41) is 14.7. The average Bonchev–Trinajstić information content (AvgIpc) is 2.80. The number of carbonyl (C=O) groups is 2. The van der Waals surface area contributed by atoms with Crippen LogP contribution in [0.25, 0.3) is 0 Å². The molecule has 35 heavy (non-hydrogen) atoms. The van der Waals surface area contributed by atoms with Gasteiger partial charge in [0.1, 0.15) is 0 Å². The van der Waals surface area contributed by atoms with E-state index >= 15 is 0 Å². The molecule has 1 saturated heterocycles. The summed E-state index contributed by atoms with van der Waals surface area (Å²) in [5.41, 5.74) is 0.632. The summed E-state index contributed by atoms with van der Waals surface area (Å²) in [6.07, 6.45) is 0.109. The van der Waals surface area contributed by atoms with Crippen LogP contribution in [0.2, 0.25) is 0 Å². The van der Waals surface area contributed by atoms with Crippen LogP contribution in [0.1, 0.15) is 52.5 Å². The zero-order chi connectivity index (χ0) is 26.0. The number of nitro benzene ring substituents is 1. The molecule has 2 aliphatic rings. The lowest BCUT2D eigenvalue weighted by atomic mass is 9.86. The summed E-state index contributed by atoms with van der Waals surface area (Å²) in [6.45, 7) is 8.39. The molecule has 0 bridgehead atoms. The number of allylic oxidation sites excluding steroid dienone is 3. The van der Waals surface area contributed by atoms with Crippen molar-refractivity contribution in [1.82, 2.24) is 5.32 Å². The van der Waals surface area contributed by atoms with E-state index in [1.807, 2.05) is 13.8 Å². The number of nitrogens with one attached hydrogen (secondary N) is 1. The molecule has 1 aromatic rings. The number of hydrogen-bond donors (Lipinski definition) is 1. The Morgan fingerprint density at radius 2 is 1.86 bits per heavy atom. The number of dihydropyridines is 1. The third-order valence-electron chi connectivity index (χ3n) is 5.60. The molecule has 12 heteroatoms. The van der Waals surface area contributed by atoms with Gasteiger partial charge < -0.3 is 23.8 Å². The summed E-state index contributed by atoms with van der Waals surface area (Å²) in [5.74, 6) is -2.42. The van der Waals surface area contributed by atoms with Crippen molar-refractivity contribution in [2.24, 2.45) is 5.41 Å². The Bertz CT molecular complexity index is 1140. The molecule has 0 aliphatic carbocycles. The fourth-order valence-corrected chi connectivity index (χ4v) is 6.28. The number of nitro groups is 1. The maximum absolute atomic E-state index is 14.0. The Hall–Kier alpha value is -3.01. The van der Waals surface area contributed by atoms with E-state index in [2.05, 4.69) is 5.32 Å². The number of esters is 2. The molecule has 0 amide bonds. The predicted molar refractivity (Wildman–Crippen MR) is 125 cm³/mol. The summed E-state index contributed by atoms with van der Waals surface area (Å²) in [7, 11) is -3.92. The number of hydrogen-bond acceptors (Lipinski definition) is 10. The quantitative estimate of drug-likeness (QED) is 0.184. The molecule has 1 atom stereocenters. The molecule has 0 unspecified atom stereocenters. The Balaban J connectivity index is 2.09. The van der Waals surface area contributed by atoms with Crippen LogP contribution >= 0.6 is 7.60 Å². The molecule has 0 aromatic heterocycles. The normalized spacial score (nSPS) is 21.2. The van der Waals surface area contributed by atoms with E-state index in [4.69, 9.17) is 18.5 Å². The summed E-state index contributed by atoms with van der Waals surface area (Å²) in [4.78, 5) is 35.5. The molecule has 0 saturated carbocycles. The monoisotopic (exact) mass is 508 g/mol. The van der Waals surface area contributed by atoms with Gasteiger partial charge in [-0.25, -0.2) is 4.79 Å². The second-order valence-electron chi connectivity index (χ2n) is 9.09. The van der Waals surface area contributed by atoms with Crippen LogP contribution in [0.4, 0.5) is 5.69 Å². The molecule has 1 N–H and O–H groups in total. The minimum Gasteiger partial charge on any atom is -0.428 e. The van der Waals surface area contributed by atoms with Crippen molar-refractivity contribution >= 4 is 25.2 Å². The van der Waals surface area contributed by atoms with Gasteiger partial charge >= 0.3 is 19.5 Å². The van der Waals surface area contributed by atoms with Gasteiger partial charge in [-0.15, -0.1) is 0 Å². The SMILES string of the molecule is CCC(=O)OCOC(=O)C1=C(C)NC(C)=C(P2(=O)OCC(C)(C)CO2)[C@@H]1c1cccc([N+](=O)[O-])c1. The van der Waals surface area contributed by atoms with E-state index in [1.54, 1.807) is 26.8 Å². The fraction of sp³-hybridized carbons (Fsp3) is 0.478. The zero-order valence-electron chi connectivity index (χ0n) is 20.3. The Labute approximate surface area is 203 Å². The molecular formula is C23H29N2O9P. The number of carbonyl (C=O) groups excluding carboxylic acids is 2. The van der Waals surface area contributed by atoms with Crippen LogP contribution in [-0.2, 0) is 32.7 Å². The first kappa shape index (κ1) is 26.6. The van der Waals surface area contributed by atoms with E-state index in [0.29, 0.717) is 17.0 Å². The van der Waals surface area contributed by atoms with E-state index < -0.39 is 37.2 Å². The molecule has 3 rings (SSSR count). The molecule has 190 valence electrons. The first-order chi connectivity index (χ1) is 16.4. The third kappa shape index (κ3) is 5.80. The van der Waals surface area contributed by atoms with Crippen molar-refractivity contribution in [2.75, 3.05) is 20.0 Å². The van der Waals surface area contributed by atoms with Gasteiger partial charge in [-0.05, 0) is 19.4 Å². The second-order valence-corrected chi connectivity index (χ2v) is 11.1. The maximum atomic E-state index is 14.0. The third-order valence-corrected chi connectivity index (χ3v) is 7.73. The summed E-state index contributed by atoms with van der Waals surface area (Å²) in [6, 6.07) is 5.69. The van der Waals surface area contributed by atoms with Gasteiger partial charge in [0.05, 0.1) is 34.9 Å². The topological polar surface area (TPSA) is 143 Å². The fourth-order valence-electron chi connectivity index (χ4n) is 3.83. The van der Waals surface area contributed by atoms with Gasteiger partial charge in [-0.1, -0.05) is 32.9 Å². The minimum atomic E-state index is -3.92. The van der Waals surface area contributed by atoms with Gasteiger partial charge in [0.15, 0.2) is 0 Å². The van der Waals surface area contributed by atoms with Gasteiger partial charge in [0.25, 0.3) is 5.69 Å². The highest BCUT2D eigenvalue weighted by Crippen LogP contribution is 2.66. The standard InChI is InChI=1S/C23H29N2O9P/c1-6-18(26)31-13-32-22(27)19-14(2)24-15(3)21(35(30)33-11-23(4,5)12-34-35)20(19)16-8-7-9-17(10-16)25(28)29/h7-10,20,24H,6,11-13H2,1-5H3/t20-/m1/s1. The largest absolute Gasteiger partial charge is 0.428 e. The number of non-ortho nitro benzene ring substituents is 1. The number of ether oxygens (including phenoxy) is 2. The molecule has 2 heterocycles. The second kappa shape index (κ2) is 10.3. The van der Waals surface area contributed by atoms with Crippen LogP contribution in [0.15, 0.2) is 46.5 Å². The zero-order valence-corrected chi connectivity index (χ0v) is 21.2. The molecule has 11 nitrogen and oxygen atoms in total. The van der Waals surface area contributed by atoms with Crippen LogP contribution in [-0.4, -0.2) is 36.9 Å². The molecule has 0 spiro atoms. The highest BCUT2D eigenvalue weighted by molar-refractivity contribution is 7.58. The van der Waals surface area contributed by atoms with Crippen molar-refractivity contribution in [1.29, 1.82) is 0 Å². The Morgan fingerprint density at radius 1 is 1.20 bits per heavy atom. The van der Waals surface area contributed by atoms with Crippen LogP contribution in [0.5, 0.6) is 0 Å². The van der Waals surface area contributed by atoms with Gasteiger partial charge in [0.2, 0.25) is 6.79 Å². The maximum Gasteiger partial charge on any atom is 0.360 e. The lowest BCUT2D eigenvalue weighted by Gasteiger charge is -2.39. The smallest absolute Gasteiger partial charge is 0.360 e. The van der Waals surface area contributed by atoms with Gasteiger partial charge in [-0.2, -0.15) is 0 Å². The number of rotatable bonds is 7.